The van der Waals surface area contributed by atoms with Crippen LogP contribution in [-0.2, 0) is 85.6 Å². The van der Waals surface area contributed by atoms with Gasteiger partial charge in [0.25, 0.3) is 5.69 Å². The molecule has 31 heteroatoms. The van der Waals surface area contributed by atoms with Crippen molar-refractivity contribution in [1.82, 2.24) is 0 Å². The molecular weight excluding hydrogens is 1660 g/mol. The largest absolute Gasteiger partial charge is 0.513 e. The van der Waals surface area contributed by atoms with Gasteiger partial charge < -0.3 is 97.3 Å². The summed E-state index contributed by atoms with van der Waals surface area (Å²) >= 11 is 0. The van der Waals surface area contributed by atoms with E-state index in [4.69, 9.17) is 61.6 Å². The second-order valence-electron chi connectivity index (χ2n) is 41.5. The number of carbonyl (C=O) groups excluding carboxylic acids is 8. The number of ether oxygens (including phenoxy) is 13. The van der Waals surface area contributed by atoms with Gasteiger partial charge in [0.05, 0.1) is 54.9 Å². The first-order chi connectivity index (χ1) is 60.1. The number of ketones is 3. The van der Waals surface area contributed by atoms with Crippen LogP contribution in [-0.4, -0.2) is 217 Å². The number of carbonyl (C=O) groups is 8. The molecule has 10 fully saturated rings. The van der Waals surface area contributed by atoms with Gasteiger partial charge in [-0.2, -0.15) is 0 Å². The van der Waals surface area contributed by atoms with Crippen molar-refractivity contribution in [1.29, 1.82) is 0 Å². The number of esters is 3. The number of allylic oxidation sites excluding steroid dienone is 2. The summed E-state index contributed by atoms with van der Waals surface area (Å²) in [6, 6.07) is 5.20. The van der Waals surface area contributed by atoms with E-state index < -0.39 is 199 Å². The number of unbranched alkanes of at least 4 members (excludes halogenated alkanes) is 14. The SMILES string of the molecule is CC1=CC(=O)[C@@H](O)[C@]2(C)C3[C@]45CO[C@]3(O)[C@H](O)[C@H](C)C4C(CC(=O)CC(O)(C(C)C)C(C)C)C(=O)O[C@@H]5C[C@@H]12.CCCCCCCCCCC1(C)OCC(COC(=O)O[C@@H]2C(=O)C=C(C)[C@@H]3C[C@H]4OC(=O)[C@H](OC(=O)CC(O)(C(C)C)C(C)C)[C@H]5[C@@H](C)[C@@H](O)[C@]6(O)OC[C@@]54[C@H]6[C@@]23C)O1.CCCCCCCCCCC1(C)OCC(COC(=O)Oc2ccc([N+](=O)[O-])cc2)O1. The average molecular weight is 1810 g/mol. The topological polar surface area (TPSA) is 441 Å². The van der Waals surface area contributed by atoms with Crippen LogP contribution in [0.1, 0.15) is 272 Å². The molecule has 2 spiro atoms. The number of benzene rings is 1. The van der Waals surface area contributed by atoms with E-state index in [1.54, 1.807) is 69.2 Å². The zero-order chi connectivity index (χ0) is 94.1. The lowest BCUT2D eigenvalue weighted by molar-refractivity contribution is -0.384. The Labute approximate surface area is 753 Å². The first-order valence-electron chi connectivity index (χ1n) is 47.4. The average Bonchev–Trinajstić information content (AvgIpc) is 1.48. The highest BCUT2D eigenvalue weighted by atomic mass is 16.8. The quantitative estimate of drug-likeness (QED) is 0.00819. The summed E-state index contributed by atoms with van der Waals surface area (Å²) in [4.78, 5) is 117. The molecule has 0 radical (unpaired) electrons. The predicted molar refractivity (Wildman–Crippen MR) is 462 cm³/mol. The monoisotopic (exact) mass is 1810 g/mol. The molecule has 1 aromatic carbocycles. The Hall–Kier alpha value is -6.46. The molecule has 26 atom stereocenters. The number of rotatable bonds is 36. The Morgan fingerprint density at radius 2 is 0.977 bits per heavy atom. The van der Waals surface area contributed by atoms with Gasteiger partial charge in [-0.05, 0) is 131 Å². The molecule has 1 aromatic rings. The maximum atomic E-state index is 14.0. The van der Waals surface area contributed by atoms with Crippen LogP contribution < -0.4 is 4.74 Å². The van der Waals surface area contributed by atoms with Crippen LogP contribution in [0.25, 0.3) is 0 Å². The fraction of sp³-hybridized carbons (Fsp3) is 0.814. The summed E-state index contributed by atoms with van der Waals surface area (Å²) in [5.74, 6) is -17.0. The molecule has 6 heterocycles. The second-order valence-corrected chi connectivity index (χ2v) is 41.5. The molecule has 6 aliphatic carbocycles. The summed E-state index contributed by atoms with van der Waals surface area (Å²) in [6.07, 6.45) is 11.7. The lowest BCUT2D eigenvalue weighted by Crippen LogP contribution is -2.78. The van der Waals surface area contributed by atoms with E-state index in [0.717, 1.165) is 37.7 Å². The summed E-state index contributed by atoms with van der Waals surface area (Å²) in [5.41, 5.74) is -6.27. The van der Waals surface area contributed by atoms with Crippen molar-refractivity contribution < 1.29 is 141 Å². The smallest absolute Gasteiger partial charge is 0.461 e. The molecule has 6 aliphatic heterocycles. The van der Waals surface area contributed by atoms with Crippen LogP contribution in [0.15, 0.2) is 47.6 Å². The fourth-order valence-corrected chi connectivity index (χ4v) is 25.3. The highest BCUT2D eigenvalue weighted by Crippen LogP contribution is 2.77. The number of hydrogen-bond donors (Lipinski definition) is 7. The van der Waals surface area contributed by atoms with E-state index in [0.29, 0.717) is 25.0 Å². The minimum Gasteiger partial charge on any atom is -0.461 e. The van der Waals surface area contributed by atoms with Gasteiger partial charge in [0, 0.05) is 77.2 Å². The number of nitrogens with zero attached hydrogens (tertiary/aromatic N) is 1. The maximum absolute atomic E-state index is 14.0. The van der Waals surface area contributed by atoms with Gasteiger partial charge in [-0.3, -0.25) is 34.1 Å². The Kier molecular flexibility index (Phi) is 32.2. The molecule has 720 valence electrons. The second kappa shape index (κ2) is 40.4. The number of nitro groups is 1. The molecule has 0 amide bonds. The molecule has 31 nitrogen and oxygen atoms in total. The minimum atomic E-state index is -2.26. The molecule has 128 heavy (non-hydrogen) atoms. The highest BCUT2D eigenvalue weighted by molar-refractivity contribution is 5.98. The van der Waals surface area contributed by atoms with Gasteiger partial charge in [0.15, 0.2) is 40.8 Å². The van der Waals surface area contributed by atoms with Gasteiger partial charge in [0.1, 0.15) is 67.5 Å². The Morgan fingerprint density at radius 3 is 1.45 bits per heavy atom. The van der Waals surface area contributed by atoms with E-state index in [-0.39, 0.29) is 112 Å². The number of non-ortho nitro benzene ring substituents is 1. The van der Waals surface area contributed by atoms with E-state index in [1.165, 1.54) is 113 Å². The van der Waals surface area contributed by atoms with Crippen LogP contribution >= 0.6 is 0 Å². The molecule has 7 unspecified atom stereocenters. The molecule has 12 aliphatic rings. The Bertz CT molecular complexity index is 4170. The van der Waals surface area contributed by atoms with Crippen molar-refractivity contribution in [3.05, 3.63) is 57.7 Å². The lowest BCUT2D eigenvalue weighted by Gasteiger charge is -2.68. The molecule has 4 saturated carbocycles. The summed E-state index contributed by atoms with van der Waals surface area (Å²) < 4.78 is 75.9. The van der Waals surface area contributed by atoms with Gasteiger partial charge >= 0.3 is 30.2 Å². The fourth-order valence-electron chi connectivity index (χ4n) is 25.3. The van der Waals surface area contributed by atoms with Crippen LogP contribution in [0, 0.1) is 109 Å². The van der Waals surface area contributed by atoms with Crippen molar-refractivity contribution in [3.8, 4) is 5.75 Å². The molecule has 0 aromatic heterocycles. The van der Waals surface area contributed by atoms with Crippen LogP contribution in [0.5, 0.6) is 5.75 Å². The van der Waals surface area contributed by atoms with Crippen molar-refractivity contribution >= 4 is 53.3 Å². The third-order valence-corrected chi connectivity index (χ3v) is 32.2. The van der Waals surface area contributed by atoms with Gasteiger partial charge in [-0.1, -0.05) is 198 Å². The van der Waals surface area contributed by atoms with Crippen molar-refractivity contribution in [2.45, 2.75) is 362 Å². The third kappa shape index (κ3) is 19.5. The number of Topliss-reactive ketones (excluding diaryl/α,β-unsaturated/α-hetero) is 1. The summed E-state index contributed by atoms with van der Waals surface area (Å²) in [5, 5.41) is 92.6. The molecular formula is C97H147NO30. The Morgan fingerprint density at radius 1 is 0.555 bits per heavy atom. The van der Waals surface area contributed by atoms with Gasteiger partial charge in [-0.25, -0.2) is 14.4 Å². The third-order valence-electron chi connectivity index (χ3n) is 32.2. The molecule has 4 bridgehead atoms. The van der Waals surface area contributed by atoms with E-state index in [9.17, 15) is 84.2 Å². The zero-order valence-electron chi connectivity index (χ0n) is 78.6. The predicted octanol–water partition coefficient (Wildman–Crippen LogP) is 13.5. The van der Waals surface area contributed by atoms with Crippen LogP contribution in [0.4, 0.5) is 15.3 Å². The van der Waals surface area contributed by atoms with E-state index >= 15 is 0 Å². The number of aliphatic hydroxyl groups excluding tert-OH is 3. The molecule has 6 saturated heterocycles. The van der Waals surface area contributed by atoms with Gasteiger partial charge in [0.2, 0.25) is 6.10 Å². The highest BCUT2D eigenvalue weighted by Gasteiger charge is 2.86. The minimum absolute atomic E-state index is 0.0266. The number of fused-ring (bicyclic) bond motifs is 2. The first-order valence-corrected chi connectivity index (χ1v) is 47.4. The number of nitro benzene ring substituents is 1. The van der Waals surface area contributed by atoms with Crippen molar-refractivity contribution in [2.75, 3.05) is 39.6 Å². The summed E-state index contributed by atoms with van der Waals surface area (Å²) in [7, 11) is 0. The molecule has 13 rings (SSSR count). The molecule has 7 N–H and O–H groups in total. The lowest BCUT2D eigenvalue weighted by atomic mass is 9.37. The number of hydrogen-bond acceptors (Lipinski definition) is 30. The standard InChI is InChI=1S/C45H70O14.C30H44O9.C22H33NO7/c1-10-11-12-13-14-15-16-17-18-41(8)54-23-29(59-41)22-53-40(50)58-37-31(46)19-27(6)30-20-32-43-24-55-45(52,39(43)42(30,37)9)36(48)28(7)34(43)35(38(49)56-32)57-33(47)21-44(51,25(2)3)26(4)5;1-13(2)29(36,14(3)4)11-17(31)9-18-22-16(6)23(33)30(37)26-27(7)19(15(5)8-20(32)24(27)34)10-21(39-25(18)35)28(22,26)12-38-30;1-3-4-5-6-7-8-9-10-15-22(2)28-17-20(30-22)16-27-21(24)29-19-13-11-18(12-14-19)23(25)26/h19,25-26,28-30,32,34-37,39,48,51-52H,10-18,20-24H2,1-9H3;8,13-14,16,18-19,21-24,26,33-34,36-37H,9-12H2,1-7H3;11-14,20H,3-10,15-17H2,1-2H3/t28-,29?,30+,32-,34-,35-,36-,37-,39-,41?,42-,43+,45+;16-,18?,19+,21-,22?,23-,24-,26?,27-,28+,30-;/m11./s1. The van der Waals surface area contributed by atoms with Crippen LogP contribution in [0.3, 0.4) is 0 Å². The number of aliphatic hydroxyl groups is 7. The first kappa shape index (κ1) is 102. The maximum Gasteiger partial charge on any atom is 0.513 e. The van der Waals surface area contributed by atoms with E-state index in [1.807, 2.05) is 41.5 Å². The summed E-state index contributed by atoms with van der Waals surface area (Å²) in [6.45, 7) is 33.6. The zero-order valence-corrected chi connectivity index (χ0v) is 78.6. The van der Waals surface area contributed by atoms with Crippen LogP contribution in [0.2, 0.25) is 0 Å². The van der Waals surface area contributed by atoms with E-state index in [2.05, 4.69) is 13.8 Å². The van der Waals surface area contributed by atoms with Gasteiger partial charge in [-0.15, -0.1) is 0 Å². The van der Waals surface area contributed by atoms with Crippen molar-refractivity contribution in [3.63, 3.8) is 0 Å². The van der Waals surface area contributed by atoms with Crippen molar-refractivity contribution in [2.24, 2.45) is 98.6 Å². The normalized spacial score (nSPS) is 37.7. The Balaban J connectivity index is 0.000000199.